The summed E-state index contributed by atoms with van der Waals surface area (Å²) >= 11 is 0. The number of aliphatic imine (C=N–C) groups is 1. The maximum absolute atomic E-state index is 4.74. The monoisotopic (exact) mass is 305 g/mol. The van der Waals surface area contributed by atoms with Crippen LogP contribution in [0.2, 0.25) is 0 Å². The third kappa shape index (κ3) is 4.19. The zero-order valence-corrected chi connectivity index (χ0v) is 14.5. The molecule has 0 aliphatic rings. The highest BCUT2D eigenvalue weighted by atomic mass is 14.7. The van der Waals surface area contributed by atoms with Crippen LogP contribution in [-0.2, 0) is 0 Å². The number of rotatable bonds is 7. The van der Waals surface area contributed by atoms with E-state index in [0.717, 1.165) is 25.1 Å². The summed E-state index contributed by atoms with van der Waals surface area (Å²) in [6.45, 7) is 11.5. The molecule has 0 bridgehead atoms. The summed E-state index contributed by atoms with van der Waals surface area (Å²) in [5.74, 6) is 0.515. The van der Waals surface area contributed by atoms with Crippen LogP contribution in [0.5, 0.6) is 0 Å². The van der Waals surface area contributed by atoms with Gasteiger partial charge in [0.1, 0.15) is 0 Å². The van der Waals surface area contributed by atoms with Crippen LogP contribution in [0.15, 0.2) is 66.2 Å². The highest BCUT2D eigenvalue weighted by Crippen LogP contribution is 2.29. The first-order chi connectivity index (χ1) is 11.2. The van der Waals surface area contributed by atoms with Crippen molar-refractivity contribution in [1.82, 2.24) is 0 Å². The number of benzene rings is 2. The first-order valence-electron chi connectivity index (χ1n) is 8.57. The summed E-state index contributed by atoms with van der Waals surface area (Å²) in [5, 5.41) is 0. The predicted molar refractivity (Wildman–Crippen MR) is 102 cm³/mol. The van der Waals surface area contributed by atoms with Crippen LogP contribution in [0, 0.1) is 0 Å². The van der Waals surface area contributed by atoms with Gasteiger partial charge in [-0.1, -0.05) is 69.8 Å². The van der Waals surface area contributed by atoms with E-state index in [1.807, 2.05) is 6.08 Å². The van der Waals surface area contributed by atoms with Crippen molar-refractivity contribution >= 4 is 5.71 Å². The minimum absolute atomic E-state index is 0.515. The minimum atomic E-state index is 0.515. The second kappa shape index (κ2) is 8.47. The zero-order valence-electron chi connectivity index (χ0n) is 14.5. The Morgan fingerprint density at radius 1 is 1.09 bits per heavy atom. The lowest BCUT2D eigenvalue weighted by molar-refractivity contribution is 0.732. The average molecular weight is 305 g/mol. The maximum atomic E-state index is 4.74. The Kier molecular flexibility index (Phi) is 6.34. The predicted octanol–water partition coefficient (Wildman–Crippen LogP) is 6.25. The molecule has 0 unspecified atom stereocenters. The van der Waals surface area contributed by atoms with Gasteiger partial charge < -0.3 is 0 Å². The fraction of sp³-hybridized carbons (Fsp3) is 0.318. The van der Waals surface area contributed by atoms with Crippen LogP contribution in [0.25, 0.3) is 11.1 Å². The molecule has 0 radical (unpaired) electrons. The van der Waals surface area contributed by atoms with Crippen molar-refractivity contribution in [2.45, 2.75) is 39.5 Å². The molecule has 1 nitrogen and oxygen atoms in total. The molecule has 0 saturated carbocycles. The molecule has 0 aliphatic carbocycles. The molecule has 0 amide bonds. The van der Waals surface area contributed by atoms with Gasteiger partial charge in [0.25, 0.3) is 0 Å². The van der Waals surface area contributed by atoms with Crippen molar-refractivity contribution in [2.75, 3.05) is 6.54 Å². The van der Waals surface area contributed by atoms with E-state index in [4.69, 9.17) is 4.99 Å². The summed E-state index contributed by atoms with van der Waals surface area (Å²) in [6.07, 6.45) is 4.07. The Morgan fingerprint density at radius 2 is 1.83 bits per heavy atom. The smallest absolute Gasteiger partial charge is 0.0643 e. The van der Waals surface area contributed by atoms with Gasteiger partial charge in [0, 0.05) is 12.1 Å². The van der Waals surface area contributed by atoms with Crippen molar-refractivity contribution < 1.29 is 0 Å². The largest absolute Gasteiger partial charge is 0.285 e. The van der Waals surface area contributed by atoms with Gasteiger partial charge in [-0.2, -0.15) is 0 Å². The Labute approximate surface area is 140 Å². The van der Waals surface area contributed by atoms with E-state index in [9.17, 15) is 0 Å². The molecule has 120 valence electrons. The Morgan fingerprint density at radius 3 is 2.43 bits per heavy atom. The lowest BCUT2D eigenvalue weighted by Gasteiger charge is -2.17. The molecule has 23 heavy (non-hydrogen) atoms. The van der Waals surface area contributed by atoms with Crippen LogP contribution in [0.3, 0.4) is 0 Å². The number of hydrogen-bond donors (Lipinski definition) is 0. The van der Waals surface area contributed by atoms with E-state index >= 15 is 0 Å². The molecule has 0 aliphatic heterocycles. The summed E-state index contributed by atoms with van der Waals surface area (Å²) in [5.41, 5.74) is 6.08. The lowest BCUT2D eigenvalue weighted by atomic mass is 9.88. The number of hydrogen-bond acceptors (Lipinski definition) is 1. The zero-order chi connectivity index (χ0) is 16.7. The van der Waals surface area contributed by atoms with Gasteiger partial charge in [-0.05, 0) is 47.6 Å². The van der Waals surface area contributed by atoms with E-state index in [-0.39, 0.29) is 0 Å². The van der Waals surface area contributed by atoms with Crippen molar-refractivity contribution in [2.24, 2.45) is 4.99 Å². The second-order valence-corrected chi connectivity index (χ2v) is 5.95. The molecular formula is C22H27N. The van der Waals surface area contributed by atoms with E-state index in [1.54, 1.807) is 0 Å². The van der Waals surface area contributed by atoms with Crippen LogP contribution >= 0.6 is 0 Å². The minimum Gasteiger partial charge on any atom is -0.285 e. The Balaban J connectivity index is 2.56. The molecule has 1 atom stereocenters. The van der Waals surface area contributed by atoms with Crippen LogP contribution < -0.4 is 0 Å². The molecule has 2 aromatic rings. The molecule has 0 spiro atoms. The van der Waals surface area contributed by atoms with Gasteiger partial charge in [0.05, 0.1) is 5.71 Å². The molecule has 1 heteroatoms. The van der Waals surface area contributed by atoms with Gasteiger partial charge in [0.15, 0.2) is 0 Å². The van der Waals surface area contributed by atoms with Crippen LogP contribution in [0.1, 0.15) is 50.7 Å². The van der Waals surface area contributed by atoms with Crippen molar-refractivity contribution in [3.05, 3.63) is 72.3 Å². The van der Waals surface area contributed by atoms with Gasteiger partial charge >= 0.3 is 0 Å². The van der Waals surface area contributed by atoms with E-state index in [2.05, 4.69) is 75.9 Å². The van der Waals surface area contributed by atoms with Crippen LogP contribution in [0.4, 0.5) is 0 Å². The van der Waals surface area contributed by atoms with Gasteiger partial charge in [-0.3, -0.25) is 4.99 Å². The fourth-order valence-electron chi connectivity index (χ4n) is 2.73. The standard InChI is InChI=1S/C22H27N/c1-5-15-23-22(7-3)21-16-19(18-11-9-8-10-12-18)13-14-20(21)17(4)6-2/h7-14,16-17H,3,5-6,15H2,1-2,4H3/b23-22-/t17-/m0/s1. The van der Waals surface area contributed by atoms with Gasteiger partial charge in [-0.15, -0.1) is 0 Å². The van der Waals surface area contributed by atoms with E-state index in [0.29, 0.717) is 5.92 Å². The second-order valence-electron chi connectivity index (χ2n) is 5.95. The summed E-state index contributed by atoms with van der Waals surface area (Å²) < 4.78 is 0. The van der Waals surface area contributed by atoms with Crippen molar-refractivity contribution in [1.29, 1.82) is 0 Å². The first kappa shape index (κ1) is 17.2. The van der Waals surface area contributed by atoms with Crippen LogP contribution in [-0.4, -0.2) is 12.3 Å². The van der Waals surface area contributed by atoms with Crippen molar-refractivity contribution in [3.8, 4) is 11.1 Å². The highest BCUT2D eigenvalue weighted by Gasteiger charge is 2.13. The highest BCUT2D eigenvalue weighted by molar-refractivity contribution is 6.10. The molecular weight excluding hydrogens is 278 g/mol. The quantitative estimate of drug-likeness (QED) is 0.536. The number of nitrogens with zero attached hydrogens (tertiary/aromatic N) is 1. The number of allylic oxidation sites excluding steroid dienone is 1. The topological polar surface area (TPSA) is 12.4 Å². The summed E-state index contributed by atoms with van der Waals surface area (Å²) in [6, 6.07) is 17.3. The lowest BCUT2D eigenvalue weighted by Crippen LogP contribution is -2.06. The molecule has 0 N–H and O–H groups in total. The molecule has 2 rings (SSSR count). The molecule has 0 saturated heterocycles. The van der Waals surface area contributed by atoms with E-state index < -0.39 is 0 Å². The van der Waals surface area contributed by atoms with Crippen molar-refractivity contribution in [3.63, 3.8) is 0 Å². The van der Waals surface area contributed by atoms with Gasteiger partial charge in [0.2, 0.25) is 0 Å². The normalized spacial score (nSPS) is 12.9. The molecule has 2 aromatic carbocycles. The Bertz CT molecular complexity index is 668. The molecule has 0 aromatic heterocycles. The fourth-order valence-corrected chi connectivity index (χ4v) is 2.73. The van der Waals surface area contributed by atoms with Gasteiger partial charge in [-0.25, -0.2) is 0 Å². The summed E-state index contributed by atoms with van der Waals surface area (Å²) in [4.78, 5) is 4.74. The molecule has 0 fully saturated rings. The molecule has 0 heterocycles. The third-order valence-electron chi connectivity index (χ3n) is 4.28. The maximum Gasteiger partial charge on any atom is 0.0643 e. The third-order valence-corrected chi connectivity index (χ3v) is 4.28. The summed E-state index contributed by atoms with van der Waals surface area (Å²) in [7, 11) is 0. The Hall–Kier alpha value is -2.15. The first-order valence-corrected chi connectivity index (χ1v) is 8.57. The SMILES string of the molecule is C=C/C(=N/CCC)c1cc(-c2ccccc2)ccc1[C@@H](C)CC. The average Bonchev–Trinajstić information content (AvgIpc) is 2.62. The van der Waals surface area contributed by atoms with E-state index in [1.165, 1.54) is 22.3 Å².